The Hall–Kier alpha value is -7.45. The Morgan fingerprint density at radius 2 is 0.788 bits per heavy atom. The van der Waals surface area contributed by atoms with Crippen LogP contribution in [0.25, 0.3) is 22.3 Å². The normalized spacial score (nSPS) is 10.5. The first kappa shape index (κ1) is 49.6. The molecule has 0 fully saturated rings. The topological polar surface area (TPSA) is 147 Å². The van der Waals surface area contributed by atoms with Crippen molar-refractivity contribution in [3.8, 4) is 51.3 Å². The van der Waals surface area contributed by atoms with E-state index in [4.69, 9.17) is 28.4 Å². The Kier molecular flexibility index (Phi) is 20.8. The number of unbranched alkanes of at least 4 members (excludes halogenated alkanes) is 10. The molecule has 0 saturated heterocycles. The molecule has 0 spiro atoms. The first-order valence-electron chi connectivity index (χ1n) is 22.5. The van der Waals surface area contributed by atoms with E-state index in [1.54, 1.807) is 24.3 Å². The van der Waals surface area contributed by atoms with Gasteiger partial charge in [0.25, 0.3) is 0 Å². The molecule has 0 unspecified atom stereocenters. The maximum Gasteiger partial charge on any atom is 0.343 e. The van der Waals surface area contributed by atoms with Crippen LogP contribution in [0.15, 0.2) is 141 Å². The van der Waals surface area contributed by atoms with Gasteiger partial charge in [-0.2, -0.15) is 5.26 Å². The van der Waals surface area contributed by atoms with Crippen molar-refractivity contribution in [1.82, 2.24) is 0 Å². The highest BCUT2D eigenvalue weighted by atomic mass is 16.6. The van der Waals surface area contributed by atoms with Crippen molar-refractivity contribution in [2.75, 3.05) is 26.4 Å². The second-order valence-electron chi connectivity index (χ2n) is 15.4. The van der Waals surface area contributed by atoms with E-state index in [9.17, 15) is 24.4 Å². The molecule has 5 rings (SSSR count). The van der Waals surface area contributed by atoms with Crippen molar-refractivity contribution in [1.29, 1.82) is 5.26 Å². The van der Waals surface area contributed by atoms with Crippen LogP contribution in [0.1, 0.15) is 103 Å². The molecule has 0 atom stereocenters. The highest BCUT2D eigenvalue weighted by molar-refractivity contribution is 5.94. The zero-order valence-electron chi connectivity index (χ0n) is 37.4. The van der Waals surface area contributed by atoms with Crippen molar-refractivity contribution < 1.29 is 47.6 Å². The van der Waals surface area contributed by atoms with Gasteiger partial charge in [-0.25, -0.2) is 19.2 Å². The zero-order chi connectivity index (χ0) is 46.8. The molecule has 0 aliphatic rings. The molecule has 0 N–H and O–H groups in total. The average molecular weight is 892 g/mol. The van der Waals surface area contributed by atoms with Crippen molar-refractivity contribution in [3.63, 3.8) is 0 Å². The fourth-order valence-electron chi connectivity index (χ4n) is 6.81. The van der Waals surface area contributed by atoms with Crippen LogP contribution in [0.5, 0.6) is 23.0 Å². The maximum absolute atomic E-state index is 13.3. The van der Waals surface area contributed by atoms with Gasteiger partial charge in [-0.1, -0.05) is 113 Å². The zero-order valence-corrected chi connectivity index (χ0v) is 37.4. The molecule has 0 aliphatic carbocycles. The minimum absolute atomic E-state index is 0.00427. The predicted octanol–water partition coefficient (Wildman–Crippen LogP) is 12.2. The van der Waals surface area contributed by atoms with Crippen molar-refractivity contribution in [3.05, 3.63) is 157 Å². The number of hydrogen-bond donors (Lipinski definition) is 0. The molecule has 0 amide bonds. The Bertz CT molecular complexity index is 2380. The number of carbonyl (C=O) groups is 4. The van der Waals surface area contributed by atoms with Gasteiger partial charge in [0.05, 0.1) is 49.2 Å². The smallest absolute Gasteiger partial charge is 0.343 e. The highest BCUT2D eigenvalue weighted by Gasteiger charge is 2.18. The van der Waals surface area contributed by atoms with Gasteiger partial charge in [0, 0.05) is 18.2 Å². The van der Waals surface area contributed by atoms with Crippen LogP contribution < -0.4 is 18.9 Å². The lowest BCUT2D eigenvalue weighted by molar-refractivity contribution is -0.138. The Labute approximate surface area is 387 Å². The van der Waals surface area contributed by atoms with Crippen LogP contribution >= 0.6 is 0 Å². The Balaban J connectivity index is 1.04. The Morgan fingerprint density at radius 3 is 1.17 bits per heavy atom. The van der Waals surface area contributed by atoms with Gasteiger partial charge >= 0.3 is 23.9 Å². The van der Waals surface area contributed by atoms with Gasteiger partial charge < -0.3 is 28.4 Å². The van der Waals surface area contributed by atoms with Gasteiger partial charge in [-0.3, -0.25) is 0 Å². The van der Waals surface area contributed by atoms with Crippen molar-refractivity contribution in [2.24, 2.45) is 0 Å². The fourth-order valence-corrected chi connectivity index (χ4v) is 6.81. The number of ether oxygens (including phenoxy) is 6. The maximum atomic E-state index is 13.3. The third kappa shape index (κ3) is 16.9. The van der Waals surface area contributed by atoms with E-state index >= 15 is 0 Å². The number of rotatable bonds is 28. The largest absolute Gasteiger partial charge is 0.494 e. The lowest BCUT2D eigenvalue weighted by Crippen LogP contribution is -2.13. The molecule has 66 heavy (non-hydrogen) atoms. The van der Waals surface area contributed by atoms with Crippen LogP contribution in [-0.4, -0.2) is 50.3 Å². The van der Waals surface area contributed by atoms with E-state index in [1.807, 2.05) is 78.9 Å². The van der Waals surface area contributed by atoms with Crippen molar-refractivity contribution in [2.45, 2.75) is 77.0 Å². The minimum atomic E-state index is -0.679. The third-order valence-electron chi connectivity index (χ3n) is 10.5. The van der Waals surface area contributed by atoms with Gasteiger partial charge in [0.15, 0.2) is 11.5 Å². The van der Waals surface area contributed by atoms with Crippen LogP contribution in [0.4, 0.5) is 0 Å². The summed E-state index contributed by atoms with van der Waals surface area (Å²) in [6.45, 7) is 8.89. The van der Waals surface area contributed by atoms with E-state index in [2.05, 4.69) is 13.2 Å². The summed E-state index contributed by atoms with van der Waals surface area (Å²) in [5.41, 5.74) is 4.48. The van der Waals surface area contributed by atoms with Crippen molar-refractivity contribution >= 4 is 23.9 Å². The summed E-state index contributed by atoms with van der Waals surface area (Å²) < 4.78 is 33.2. The minimum Gasteiger partial charge on any atom is -0.494 e. The standard InChI is InChI=1S/C55H57NO10/c1-3-52(57)63-37-15-11-7-5-9-13-35-61-48-30-26-44(27-31-48)42-18-22-46(23-19-42)54(59)65-50-34-17-41(40-56)39-51(50)66-55(60)47-24-20-43(21-25-47)45-28-32-49(33-29-45)62-36-14-10-6-8-12-16-38-64-53(58)4-2/h3-4,17-34,39H,1-2,5-16,35-38H2. The molecular weight excluding hydrogens is 835 g/mol. The molecule has 0 bridgehead atoms. The molecule has 342 valence electrons. The van der Waals surface area contributed by atoms with Crippen LogP contribution in [0, 0.1) is 11.3 Å². The number of nitriles is 1. The summed E-state index contributed by atoms with van der Waals surface area (Å²) in [6.07, 6.45) is 14.5. The summed E-state index contributed by atoms with van der Waals surface area (Å²) in [4.78, 5) is 48.7. The molecule has 0 radical (unpaired) electrons. The second-order valence-corrected chi connectivity index (χ2v) is 15.4. The molecule has 5 aromatic rings. The quantitative estimate of drug-likeness (QED) is 0.0204. The number of nitrogens with zero attached hydrogens (tertiary/aromatic N) is 1. The summed E-state index contributed by atoms with van der Waals surface area (Å²) in [6, 6.07) is 35.7. The molecule has 0 aliphatic heterocycles. The van der Waals surface area contributed by atoms with E-state index < -0.39 is 11.9 Å². The second kappa shape index (κ2) is 27.7. The molecule has 0 heterocycles. The first-order chi connectivity index (χ1) is 32.3. The average Bonchev–Trinajstić information content (AvgIpc) is 3.35. The number of hydrogen-bond acceptors (Lipinski definition) is 11. The van der Waals surface area contributed by atoms with Gasteiger partial charge in [0.1, 0.15) is 11.5 Å². The lowest BCUT2D eigenvalue weighted by atomic mass is 10.0. The third-order valence-corrected chi connectivity index (χ3v) is 10.5. The van der Waals surface area contributed by atoms with Crippen LogP contribution in [-0.2, 0) is 19.1 Å². The molecule has 0 aromatic heterocycles. The molecule has 5 aromatic carbocycles. The number of benzene rings is 5. The van der Waals surface area contributed by atoms with Crippen LogP contribution in [0.3, 0.4) is 0 Å². The van der Waals surface area contributed by atoms with Crippen LogP contribution in [0.2, 0.25) is 0 Å². The van der Waals surface area contributed by atoms with E-state index in [-0.39, 0.29) is 40.1 Å². The lowest BCUT2D eigenvalue weighted by Gasteiger charge is -2.12. The summed E-state index contributed by atoms with van der Waals surface area (Å²) in [5, 5.41) is 9.55. The van der Waals surface area contributed by atoms with Gasteiger partial charge in [0.2, 0.25) is 0 Å². The monoisotopic (exact) mass is 891 g/mol. The number of esters is 4. The van der Waals surface area contributed by atoms with Gasteiger partial charge in [-0.05, 0) is 109 Å². The number of carbonyl (C=O) groups excluding carboxylic acids is 4. The fraction of sp³-hybridized carbons (Fsp3) is 0.291. The predicted molar refractivity (Wildman–Crippen MR) is 254 cm³/mol. The molecule has 0 saturated carbocycles. The van der Waals surface area contributed by atoms with E-state index in [1.165, 1.54) is 30.4 Å². The first-order valence-corrected chi connectivity index (χ1v) is 22.5. The molecule has 11 heteroatoms. The summed E-state index contributed by atoms with van der Waals surface area (Å²) in [7, 11) is 0. The van der Waals surface area contributed by atoms with E-state index in [0.29, 0.717) is 26.4 Å². The van der Waals surface area contributed by atoms with E-state index in [0.717, 1.165) is 111 Å². The molecule has 11 nitrogen and oxygen atoms in total. The SMILES string of the molecule is C=CC(=O)OCCCCCCCCOc1ccc(-c2ccc(C(=O)Oc3ccc(C#N)cc3OC(=O)c3ccc(-c4ccc(OCCCCCCCCOC(=O)C=C)cc4)cc3)cc2)cc1. The van der Waals surface area contributed by atoms with Gasteiger partial charge in [-0.15, -0.1) is 0 Å². The summed E-state index contributed by atoms with van der Waals surface area (Å²) >= 11 is 0. The summed E-state index contributed by atoms with van der Waals surface area (Å²) in [5.74, 6) is -0.600. The Morgan fingerprint density at radius 1 is 0.439 bits per heavy atom. The highest BCUT2D eigenvalue weighted by Crippen LogP contribution is 2.31. The molecular formula is C55H57NO10.